The number of allylic oxidation sites excluding steroid dienone is 4. The molecule has 1 aliphatic heterocycles. The van der Waals surface area contributed by atoms with E-state index in [0.717, 1.165) is 36.5 Å². The molecule has 7 heteroatoms. The van der Waals surface area contributed by atoms with Gasteiger partial charge in [-0.05, 0) is 0 Å². The van der Waals surface area contributed by atoms with Gasteiger partial charge in [0.15, 0.2) is 0 Å². The van der Waals surface area contributed by atoms with Crippen LogP contribution in [0.3, 0.4) is 0 Å². The van der Waals surface area contributed by atoms with Gasteiger partial charge < -0.3 is 0 Å². The first-order chi connectivity index (χ1) is 23.9. The number of unbranched alkanes of at least 4 members (excludes halogenated alkanes) is 3. The number of ether oxygens (including phenoxy) is 1. The van der Waals surface area contributed by atoms with E-state index in [0.29, 0.717) is 6.42 Å². The van der Waals surface area contributed by atoms with Crippen molar-refractivity contribution in [2.45, 2.75) is 171 Å². The van der Waals surface area contributed by atoms with Crippen molar-refractivity contribution < 1.29 is 18.8 Å². The molecule has 0 radical (unpaired) electrons. The fourth-order valence-corrected chi connectivity index (χ4v) is 26.3. The molecule has 0 bridgehead atoms. The number of cyclic esters (lactones) is 1. The van der Waals surface area contributed by atoms with Crippen LogP contribution in [0.4, 0.5) is 4.79 Å². The van der Waals surface area contributed by atoms with E-state index in [2.05, 4.69) is 99.6 Å². The first-order valence-electron chi connectivity index (χ1n) is 20.2. The third-order valence-corrected chi connectivity index (χ3v) is 32.4. The van der Waals surface area contributed by atoms with Crippen LogP contribution < -0.4 is 0 Å². The second-order valence-electron chi connectivity index (χ2n) is 15.3. The fourth-order valence-electron chi connectivity index (χ4n) is 7.65. The predicted molar refractivity (Wildman–Crippen MR) is 219 cm³/mol. The molecule has 2 amide bonds. The standard InChI is InChI=1S/C31H46NO4Si.3C4H9.Sn/c1-8-16-29(36-37(9-2,10-3)11-4)28(21-25(7)18-15-17-24(5)6)30(33)32-27(23-35-31(32)34)22-26-19-13-12-14-20-26;3*1-3-4-2;/h12-14,16-17,19-21,27-29H,9-11,15,18,22-23H2,1-7H3;3*1,3-4H2,2H3;/b16-8?,25-21+;;;;/t27-,28+,29+;;;;/m1..../s1. The van der Waals surface area contributed by atoms with E-state index in [1.165, 1.54) is 67.9 Å². The number of hydrogen-bond donors (Lipinski definition) is 0. The van der Waals surface area contributed by atoms with Crippen LogP contribution in [-0.2, 0) is 20.4 Å². The van der Waals surface area contributed by atoms with Gasteiger partial charge in [0.05, 0.1) is 0 Å². The van der Waals surface area contributed by atoms with Crippen molar-refractivity contribution in [2.24, 2.45) is 5.92 Å². The number of benzene rings is 1. The van der Waals surface area contributed by atoms with Gasteiger partial charge in [-0.1, -0.05) is 0 Å². The molecule has 0 aromatic heterocycles. The summed E-state index contributed by atoms with van der Waals surface area (Å²) in [5.41, 5.74) is 3.56. The molecule has 0 spiro atoms. The fraction of sp³-hybridized carbons (Fsp3) is 0.674. The van der Waals surface area contributed by atoms with Gasteiger partial charge in [-0.2, -0.15) is 0 Å². The average molecular weight is 815 g/mol. The number of nitrogens with zero attached hydrogens (tertiary/aromatic N) is 1. The second kappa shape index (κ2) is 23.1. The third-order valence-electron chi connectivity index (χ3n) is 11.3. The Labute approximate surface area is 312 Å². The Bertz CT molecular complexity index is 1220. The van der Waals surface area contributed by atoms with Crippen LogP contribution in [0.1, 0.15) is 126 Å². The summed E-state index contributed by atoms with van der Waals surface area (Å²) in [5, 5.41) is 0. The van der Waals surface area contributed by atoms with Crippen LogP contribution in [-0.4, -0.2) is 62.3 Å². The Hall–Kier alpha value is -1.64. The molecule has 1 aliphatic rings. The molecular formula is C43H73NO4SiSn. The van der Waals surface area contributed by atoms with Gasteiger partial charge in [-0.25, -0.2) is 0 Å². The van der Waals surface area contributed by atoms with E-state index in [1.807, 2.05) is 18.2 Å². The van der Waals surface area contributed by atoms with Crippen LogP contribution in [0, 0.1) is 5.92 Å². The monoisotopic (exact) mass is 815 g/mol. The van der Waals surface area contributed by atoms with Gasteiger partial charge in [0, 0.05) is 0 Å². The van der Waals surface area contributed by atoms with Crippen LogP contribution in [0.5, 0.6) is 0 Å². The zero-order chi connectivity index (χ0) is 37.2. The SMILES string of the molecule is CCC[CH2][Sn]([CH2]CCC)([CH2]CCC)/[C](C)=C\[C@H](O[Si](CC)(CC)CC)[C@H](/C=C(\C)CCC=C(C)C)C(=O)N1C(=O)OC[C@H]1Cc1ccccc1. The summed E-state index contributed by atoms with van der Waals surface area (Å²) < 4.78 is 18.8. The van der Waals surface area contributed by atoms with Crippen molar-refractivity contribution >= 4 is 38.7 Å². The molecular weight excluding hydrogens is 741 g/mol. The molecule has 0 aliphatic carbocycles. The molecule has 1 aromatic rings. The molecule has 0 saturated carbocycles. The van der Waals surface area contributed by atoms with Gasteiger partial charge >= 0.3 is 314 Å². The van der Waals surface area contributed by atoms with Gasteiger partial charge in [-0.15, -0.1) is 0 Å². The normalized spacial score (nSPS) is 17.1. The number of imide groups is 1. The summed E-state index contributed by atoms with van der Waals surface area (Å²) in [7, 11) is -2.16. The van der Waals surface area contributed by atoms with Crippen molar-refractivity contribution in [3.8, 4) is 0 Å². The van der Waals surface area contributed by atoms with E-state index in [-0.39, 0.29) is 18.6 Å². The van der Waals surface area contributed by atoms with Crippen LogP contribution in [0.2, 0.25) is 31.4 Å². The van der Waals surface area contributed by atoms with Crippen molar-refractivity contribution in [1.29, 1.82) is 0 Å². The van der Waals surface area contributed by atoms with Crippen molar-refractivity contribution in [2.75, 3.05) is 6.61 Å². The molecule has 5 nitrogen and oxygen atoms in total. The Balaban J connectivity index is 2.82. The second-order valence-corrected chi connectivity index (χ2v) is 33.8. The summed E-state index contributed by atoms with van der Waals surface area (Å²) in [6.45, 7) is 22.8. The summed E-state index contributed by atoms with van der Waals surface area (Å²) in [5.74, 6) is -0.767. The van der Waals surface area contributed by atoms with Gasteiger partial charge in [-0.3, -0.25) is 0 Å². The molecule has 0 N–H and O–H groups in total. The van der Waals surface area contributed by atoms with E-state index in [4.69, 9.17) is 9.16 Å². The molecule has 0 unspecified atom stereocenters. The van der Waals surface area contributed by atoms with Crippen molar-refractivity contribution in [1.82, 2.24) is 4.90 Å². The predicted octanol–water partition coefficient (Wildman–Crippen LogP) is 12.6. The zero-order valence-corrected chi connectivity index (χ0v) is 37.6. The van der Waals surface area contributed by atoms with Crippen LogP contribution >= 0.6 is 0 Å². The summed E-state index contributed by atoms with van der Waals surface area (Å²) in [6.07, 6.45) is 15.8. The summed E-state index contributed by atoms with van der Waals surface area (Å²) >= 11 is -2.83. The first-order valence-corrected chi connectivity index (χ1v) is 30.2. The van der Waals surface area contributed by atoms with E-state index >= 15 is 4.79 Å². The first kappa shape index (κ1) is 44.5. The van der Waals surface area contributed by atoms with Crippen LogP contribution in [0.25, 0.3) is 0 Å². The summed E-state index contributed by atoms with van der Waals surface area (Å²) in [6, 6.07) is 12.8. The number of carbonyl (C=O) groups excluding carboxylic acids is 2. The van der Waals surface area contributed by atoms with Gasteiger partial charge in [0.25, 0.3) is 0 Å². The zero-order valence-electron chi connectivity index (χ0n) is 33.7. The number of amides is 2. The number of hydrogen-bond acceptors (Lipinski definition) is 4. The maximum absolute atomic E-state index is 15.1. The van der Waals surface area contributed by atoms with E-state index in [1.54, 1.807) is 3.59 Å². The minimum atomic E-state index is -2.83. The van der Waals surface area contributed by atoms with E-state index in [9.17, 15) is 4.79 Å². The van der Waals surface area contributed by atoms with Gasteiger partial charge in [0.1, 0.15) is 0 Å². The molecule has 3 atom stereocenters. The van der Waals surface area contributed by atoms with Crippen LogP contribution in [0.15, 0.2) is 63.3 Å². The number of carbonyl (C=O) groups is 2. The minimum absolute atomic E-state index is 0.174. The molecule has 1 aromatic carbocycles. The Morgan fingerprint density at radius 2 is 1.46 bits per heavy atom. The number of rotatable bonds is 24. The Kier molecular flexibility index (Phi) is 20.6. The molecule has 50 heavy (non-hydrogen) atoms. The van der Waals surface area contributed by atoms with Crippen molar-refractivity contribution in [3.05, 3.63) is 68.9 Å². The third kappa shape index (κ3) is 13.4. The molecule has 1 saturated heterocycles. The average Bonchev–Trinajstić information content (AvgIpc) is 3.47. The van der Waals surface area contributed by atoms with Crippen molar-refractivity contribution in [3.63, 3.8) is 0 Å². The molecule has 1 fully saturated rings. The molecule has 1 heterocycles. The van der Waals surface area contributed by atoms with E-state index < -0.39 is 44.8 Å². The molecule has 282 valence electrons. The van der Waals surface area contributed by atoms with Gasteiger partial charge in [0.2, 0.25) is 0 Å². The quantitative estimate of drug-likeness (QED) is 0.0770. The Morgan fingerprint density at radius 3 is 1.96 bits per heavy atom. The Morgan fingerprint density at radius 1 is 0.900 bits per heavy atom. The topological polar surface area (TPSA) is 55.8 Å². The summed E-state index contributed by atoms with van der Waals surface area (Å²) in [4.78, 5) is 30.0. The molecule has 2 rings (SSSR count). The maximum atomic E-state index is 15.1.